The fourth-order valence-electron chi connectivity index (χ4n) is 3.98. The van der Waals surface area contributed by atoms with Crippen LogP contribution in [0.25, 0.3) is 32.9 Å². The van der Waals surface area contributed by atoms with E-state index in [1.165, 1.54) is 12.1 Å². The molecule has 6 nitrogen and oxygen atoms in total. The van der Waals surface area contributed by atoms with Gasteiger partial charge in [-0.1, -0.05) is 31.9 Å². The standard InChI is InChI=1S/C24H14Br2N2O4/c1-11-7-13(3-5-19(11)25)27-21(29)15-9-17-18(10-16(15)22(27)30)24(32)28(23(17)31)14-4-6-20(26)12(2)8-14/h3-10H,1-2H3. The van der Waals surface area contributed by atoms with E-state index < -0.39 is 22.2 Å². The van der Waals surface area contributed by atoms with Crippen molar-refractivity contribution in [2.75, 3.05) is 0 Å². The van der Waals surface area contributed by atoms with E-state index in [2.05, 4.69) is 31.9 Å². The predicted molar refractivity (Wildman–Crippen MR) is 132 cm³/mol. The van der Waals surface area contributed by atoms with Crippen LogP contribution in [0.2, 0.25) is 0 Å². The lowest BCUT2D eigenvalue weighted by atomic mass is 10.1. The summed E-state index contributed by atoms with van der Waals surface area (Å²) in [5.74, 6) is 0. The Kier molecular flexibility index (Phi) is 4.69. The topological polar surface area (TPSA) is 78.1 Å². The molecule has 0 N–H and O–H groups in total. The molecule has 0 spiro atoms. The lowest BCUT2D eigenvalue weighted by Gasteiger charge is -2.03. The molecule has 2 heterocycles. The molecule has 0 aliphatic heterocycles. The van der Waals surface area contributed by atoms with Crippen molar-refractivity contribution in [2.24, 2.45) is 0 Å². The normalized spacial score (nSPS) is 11.6. The molecule has 32 heavy (non-hydrogen) atoms. The van der Waals surface area contributed by atoms with Crippen molar-refractivity contribution in [2.45, 2.75) is 13.8 Å². The Morgan fingerprint density at radius 2 is 0.844 bits per heavy atom. The summed E-state index contributed by atoms with van der Waals surface area (Å²) in [6.07, 6.45) is 0. The molecular formula is C24H14Br2N2O4. The van der Waals surface area contributed by atoms with Gasteiger partial charge in [-0.2, -0.15) is 0 Å². The molecule has 5 aromatic rings. The van der Waals surface area contributed by atoms with Crippen molar-refractivity contribution in [3.8, 4) is 11.4 Å². The third-order valence-electron chi connectivity index (χ3n) is 5.69. The van der Waals surface area contributed by atoms with E-state index in [0.29, 0.717) is 11.4 Å². The van der Waals surface area contributed by atoms with Crippen molar-refractivity contribution in [1.29, 1.82) is 0 Å². The van der Waals surface area contributed by atoms with Crippen molar-refractivity contribution in [1.82, 2.24) is 9.13 Å². The molecule has 0 radical (unpaired) electrons. The summed E-state index contributed by atoms with van der Waals surface area (Å²) in [4.78, 5) is 52.4. The number of hydrogen-bond acceptors (Lipinski definition) is 4. The van der Waals surface area contributed by atoms with Crippen molar-refractivity contribution < 1.29 is 0 Å². The molecule has 5 rings (SSSR count). The molecular weight excluding hydrogens is 540 g/mol. The Bertz CT molecular complexity index is 1600. The Labute approximate surface area is 197 Å². The maximum Gasteiger partial charge on any atom is 0.266 e. The fourth-order valence-corrected chi connectivity index (χ4v) is 4.47. The molecule has 0 saturated carbocycles. The summed E-state index contributed by atoms with van der Waals surface area (Å²) in [6.45, 7) is 3.71. The van der Waals surface area contributed by atoms with E-state index in [1.807, 2.05) is 13.8 Å². The zero-order valence-electron chi connectivity index (χ0n) is 16.9. The number of halogens is 2. The SMILES string of the molecule is Cc1cc(-n2c(=O)c3cc4c(=O)n(-c5ccc(Br)c(C)c5)c(=O)c4cc3c2=O)ccc1Br. The highest BCUT2D eigenvalue weighted by molar-refractivity contribution is 9.10. The lowest BCUT2D eigenvalue weighted by Crippen LogP contribution is -2.24. The van der Waals surface area contributed by atoms with Crippen LogP contribution in [0.15, 0.2) is 76.7 Å². The minimum Gasteiger partial charge on any atom is -0.268 e. The van der Waals surface area contributed by atoms with Crippen molar-refractivity contribution in [3.63, 3.8) is 0 Å². The third-order valence-corrected chi connectivity index (χ3v) is 7.47. The van der Waals surface area contributed by atoms with Gasteiger partial charge in [0.25, 0.3) is 22.2 Å². The van der Waals surface area contributed by atoms with Crippen LogP contribution in [-0.2, 0) is 0 Å². The van der Waals surface area contributed by atoms with E-state index in [-0.39, 0.29) is 21.5 Å². The molecule has 0 saturated heterocycles. The summed E-state index contributed by atoms with van der Waals surface area (Å²) in [5.41, 5.74) is 0.517. The molecule has 0 atom stereocenters. The van der Waals surface area contributed by atoms with E-state index in [1.54, 1.807) is 36.4 Å². The first-order valence-corrected chi connectivity index (χ1v) is 11.3. The summed E-state index contributed by atoms with van der Waals surface area (Å²) in [5, 5.41) is 0.460. The van der Waals surface area contributed by atoms with Gasteiger partial charge in [0.05, 0.1) is 32.9 Å². The zero-order chi connectivity index (χ0) is 22.9. The largest absolute Gasteiger partial charge is 0.268 e. The van der Waals surface area contributed by atoms with Gasteiger partial charge in [-0.05, 0) is 73.5 Å². The number of nitrogens with zero attached hydrogens (tertiary/aromatic N) is 2. The van der Waals surface area contributed by atoms with Gasteiger partial charge in [-0.15, -0.1) is 0 Å². The number of hydrogen-bond donors (Lipinski definition) is 0. The number of aryl methyl sites for hydroxylation is 2. The van der Waals surface area contributed by atoms with Crippen LogP contribution >= 0.6 is 31.9 Å². The molecule has 3 aromatic carbocycles. The molecule has 0 aliphatic carbocycles. The highest BCUT2D eigenvalue weighted by atomic mass is 79.9. The second-order valence-electron chi connectivity index (χ2n) is 7.70. The number of fused-ring (bicyclic) bond motifs is 2. The third kappa shape index (κ3) is 2.90. The monoisotopic (exact) mass is 552 g/mol. The molecule has 0 amide bonds. The Balaban J connectivity index is 1.83. The average Bonchev–Trinajstić information content (AvgIpc) is 3.15. The van der Waals surface area contributed by atoms with Crippen molar-refractivity contribution >= 4 is 53.4 Å². The Morgan fingerprint density at radius 3 is 1.12 bits per heavy atom. The molecule has 0 aliphatic rings. The van der Waals surface area contributed by atoms with E-state index in [9.17, 15) is 19.2 Å². The summed E-state index contributed by atoms with van der Waals surface area (Å²) >= 11 is 6.82. The molecule has 158 valence electrons. The van der Waals surface area contributed by atoms with E-state index >= 15 is 0 Å². The molecule has 0 unspecified atom stereocenters. The van der Waals surface area contributed by atoms with Gasteiger partial charge in [0.2, 0.25) is 0 Å². The van der Waals surface area contributed by atoms with Gasteiger partial charge in [0.1, 0.15) is 0 Å². The first kappa shape index (κ1) is 20.8. The Hall–Kier alpha value is -3.10. The first-order valence-electron chi connectivity index (χ1n) is 9.67. The molecule has 2 aromatic heterocycles. The van der Waals surface area contributed by atoms with Gasteiger partial charge in [-0.3, -0.25) is 19.2 Å². The second-order valence-corrected chi connectivity index (χ2v) is 9.41. The van der Waals surface area contributed by atoms with E-state index in [0.717, 1.165) is 29.2 Å². The minimum atomic E-state index is -0.521. The van der Waals surface area contributed by atoms with Gasteiger partial charge < -0.3 is 0 Å². The highest BCUT2D eigenvalue weighted by Crippen LogP contribution is 2.22. The average molecular weight is 554 g/mol. The van der Waals surface area contributed by atoms with E-state index in [4.69, 9.17) is 0 Å². The zero-order valence-corrected chi connectivity index (χ0v) is 20.1. The van der Waals surface area contributed by atoms with Crippen LogP contribution < -0.4 is 22.2 Å². The Morgan fingerprint density at radius 1 is 0.531 bits per heavy atom. The lowest BCUT2D eigenvalue weighted by molar-refractivity contribution is 0.984. The second kappa shape index (κ2) is 7.21. The van der Waals surface area contributed by atoms with Crippen LogP contribution in [0.3, 0.4) is 0 Å². The van der Waals surface area contributed by atoms with Crippen molar-refractivity contribution in [3.05, 3.63) is 110 Å². The minimum absolute atomic E-state index is 0.115. The fraction of sp³-hybridized carbons (Fsp3) is 0.0833. The maximum atomic E-state index is 13.1. The smallest absolute Gasteiger partial charge is 0.266 e. The van der Waals surface area contributed by atoms with Crippen LogP contribution in [0.4, 0.5) is 0 Å². The molecule has 0 bridgehead atoms. The van der Waals surface area contributed by atoms with Crippen LogP contribution in [0, 0.1) is 13.8 Å². The van der Waals surface area contributed by atoms with Gasteiger partial charge >= 0.3 is 0 Å². The summed E-state index contributed by atoms with van der Waals surface area (Å²) < 4.78 is 3.86. The first-order chi connectivity index (χ1) is 15.2. The number of aromatic nitrogens is 2. The maximum absolute atomic E-state index is 13.1. The van der Waals surface area contributed by atoms with Crippen LogP contribution in [0.5, 0.6) is 0 Å². The number of rotatable bonds is 2. The molecule has 8 heteroatoms. The highest BCUT2D eigenvalue weighted by Gasteiger charge is 2.21. The van der Waals surface area contributed by atoms with Gasteiger partial charge in [0.15, 0.2) is 0 Å². The summed E-state index contributed by atoms with van der Waals surface area (Å²) in [7, 11) is 0. The number of benzene rings is 3. The molecule has 0 fully saturated rings. The quantitative estimate of drug-likeness (QED) is 0.330. The van der Waals surface area contributed by atoms with Gasteiger partial charge in [-0.25, -0.2) is 9.13 Å². The van der Waals surface area contributed by atoms with Gasteiger partial charge in [0, 0.05) is 8.95 Å². The van der Waals surface area contributed by atoms with Crippen LogP contribution in [0.1, 0.15) is 11.1 Å². The summed E-state index contributed by atoms with van der Waals surface area (Å²) in [6, 6.07) is 13.0. The predicted octanol–water partition coefficient (Wildman–Crippen LogP) is 4.03. The van der Waals surface area contributed by atoms with Crippen LogP contribution in [-0.4, -0.2) is 9.13 Å².